The number of nitro groups is 1. The van der Waals surface area contributed by atoms with Crippen molar-refractivity contribution in [1.29, 1.82) is 0 Å². The van der Waals surface area contributed by atoms with Crippen LogP contribution in [0.4, 0.5) is 11.4 Å². The van der Waals surface area contributed by atoms with E-state index in [1.165, 1.54) is 23.5 Å². The molecule has 1 aromatic heterocycles. The monoisotopic (exact) mass is 375 g/mol. The number of nitrogens with zero attached hydrogens (tertiary/aromatic N) is 3. The maximum absolute atomic E-state index is 10.8. The first kappa shape index (κ1) is 17.3. The fourth-order valence-corrected chi connectivity index (χ4v) is 3.43. The molecule has 0 aliphatic heterocycles. The lowest BCUT2D eigenvalue weighted by atomic mass is 10.1. The molecule has 0 aliphatic rings. The van der Waals surface area contributed by atoms with Crippen LogP contribution in [0.1, 0.15) is 0 Å². The summed E-state index contributed by atoms with van der Waals surface area (Å²) in [5.74, 6) is 0. The Morgan fingerprint density at radius 2 is 1.84 bits per heavy atom. The molecule has 0 saturated carbocycles. The summed E-state index contributed by atoms with van der Waals surface area (Å²) >= 11 is 7.33. The summed E-state index contributed by atoms with van der Waals surface area (Å²) in [5, 5.41) is 22.7. The maximum Gasteiger partial charge on any atom is 0.269 e. The van der Waals surface area contributed by atoms with Gasteiger partial charge in [0.1, 0.15) is 0 Å². The molecule has 0 fully saturated rings. The maximum atomic E-state index is 10.8. The molecule has 8 heteroatoms. The van der Waals surface area contributed by atoms with Gasteiger partial charge in [-0.2, -0.15) is 0 Å². The summed E-state index contributed by atoms with van der Waals surface area (Å²) in [4.78, 5) is 15.7. The Bertz CT molecular complexity index is 947. The van der Waals surface area contributed by atoms with Crippen molar-refractivity contribution in [3.8, 4) is 11.3 Å². The Kier molecular flexibility index (Phi) is 5.28. The Morgan fingerprint density at radius 1 is 1.16 bits per heavy atom. The van der Waals surface area contributed by atoms with Gasteiger partial charge in [-0.3, -0.25) is 10.1 Å². The van der Waals surface area contributed by atoms with Gasteiger partial charge >= 0.3 is 0 Å². The summed E-state index contributed by atoms with van der Waals surface area (Å²) in [7, 11) is 0. The highest BCUT2D eigenvalue weighted by molar-refractivity contribution is 7.07. The number of hydrogen-bond donors (Lipinski definition) is 1. The van der Waals surface area contributed by atoms with Crippen molar-refractivity contribution in [2.45, 2.75) is 6.54 Å². The number of thiazole rings is 1. The standard InChI is InChI=1S/C17H14ClN3O3S/c18-13-3-5-14(6-4-13)19-17-20(9-10-22)16(11-25-17)12-1-7-15(8-2-12)21(23)24/h1-8,11,22H,9-10H2. The molecule has 3 aromatic rings. The lowest BCUT2D eigenvalue weighted by molar-refractivity contribution is -0.384. The molecule has 2 aromatic carbocycles. The molecule has 0 unspecified atom stereocenters. The van der Waals surface area contributed by atoms with Gasteiger partial charge < -0.3 is 9.67 Å². The van der Waals surface area contributed by atoms with E-state index in [4.69, 9.17) is 11.6 Å². The number of aliphatic hydroxyl groups excluding tert-OH is 1. The van der Waals surface area contributed by atoms with Crippen molar-refractivity contribution < 1.29 is 10.0 Å². The summed E-state index contributed by atoms with van der Waals surface area (Å²) in [6.07, 6.45) is 0. The van der Waals surface area contributed by atoms with E-state index < -0.39 is 4.92 Å². The quantitative estimate of drug-likeness (QED) is 0.540. The number of aromatic nitrogens is 1. The predicted molar refractivity (Wildman–Crippen MR) is 98.2 cm³/mol. The lowest BCUT2D eigenvalue weighted by Crippen LogP contribution is -2.17. The normalized spacial score (nSPS) is 11.7. The van der Waals surface area contributed by atoms with Crippen LogP contribution in [0.5, 0.6) is 0 Å². The number of rotatable bonds is 5. The molecule has 6 nitrogen and oxygen atoms in total. The van der Waals surface area contributed by atoms with Gasteiger partial charge in [0.05, 0.1) is 22.9 Å². The Balaban J connectivity index is 2.05. The number of hydrogen-bond acceptors (Lipinski definition) is 5. The van der Waals surface area contributed by atoms with E-state index in [-0.39, 0.29) is 12.3 Å². The molecule has 3 rings (SSSR count). The van der Waals surface area contributed by atoms with Crippen LogP contribution in [0, 0.1) is 10.1 Å². The van der Waals surface area contributed by atoms with Crippen LogP contribution in [-0.2, 0) is 6.54 Å². The highest BCUT2D eigenvalue weighted by atomic mass is 35.5. The molecule has 0 atom stereocenters. The average Bonchev–Trinajstić information content (AvgIpc) is 3.00. The van der Waals surface area contributed by atoms with Crippen molar-refractivity contribution >= 4 is 34.3 Å². The molecule has 0 spiro atoms. The van der Waals surface area contributed by atoms with E-state index in [1.807, 2.05) is 22.1 Å². The van der Waals surface area contributed by atoms with E-state index in [0.717, 1.165) is 21.7 Å². The van der Waals surface area contributed by atoms with Gasteiger partial charge in [-0.15, -0.1) is 11.3 Å². The number of nitro benzene ring substituents is 1. The first-order chi connectivity index (χ1) is 12.1. The molecule has 0 amide bonds. The minimum absolute atomic E-state index is 0.0372. The molecule has 25 heavy (non-hydrogen) atoms. The van der Waals surface area contributed by atoms with Crippen LogP contribution >= 0.6 is 22.9 Å². The molecule has 0 aliphatic carbocycles. The number of halogens is 1. The van der Waals surface area contributed by atoms with Gasteiger partial charge in [-0.05, 0) is 42.0 Å². The zero-order valence-corrected chi connectivity index (χ0v) is 14.6. The van der Waals surface area contributed by atoms with Gasteiger partial charge in [0.2, 0.25) is 0 Å². The van der Waals surface area contributed by atoms with Crippen LogP contribution < -0.4 is 4.80 Å². The van der Waals surface area contributed by atoms with E-state index in [1.54, 1.807) is 24.3 Å². The molecule has 0 bridgehead atoms. The van der Waals surface area contributed by atoms with Crippen LogP contribution in [0.3, 0.4) is 0 Å². The second kappa shape index (κ2) is 7.60. The topological polar surface area (TPSA) is 80.7 Å². The minimum Gasteiger partial charge on any atom is -0.395 e. The molecule has 0 saturated heterocycles. The highest BCUT2D eigenvalue weighted by Crippen LogP contribution is 2.24. The minimum atomic E-state index is -0.430. The SMILES string of the molecule is O=[N+]([O-])c1ccc(-c2csc(=Nc3ccc(Cl)cc3)n2CCO)cc1. The van der Waals surface area contributed by atoms with Crippen molar-refractivity contribution in [2.24, 2.45) is 4.99 Å². The smallest absolute Gasteiger partial charge is 0.269 e. The molecule has 0 radical (unpaired) electrons. The van der Waals surface area contributed by atoms with Crippen molar-refractivity contribution in [1.82, 2.24) is 4.57 Å². The molecule has 1 heterocycles. The van der Waals surface area contributed by atoms with Crippen LogP contribution in [0.15, 0.2) is 58.9 Å². The second-order valence-corrected chi connectivity index (χ2v) is 6.44. The summed E-state index contributed by atoms with van der Waals surface area (Å²) < 4.78 is 1.89. The first-order valence-corrected chi connectivity index (χ1v) is 8.68. The fraction of sp³-hybridized carbons (Fsp3) is 0.118. The van der Waals surface area contributed by atoms with Gasteiger partial charge in [-0.25, -0.2) is 4.99 Å². The zero-order chi connectivity index (χ0) is 17.8. The van der Waals surface area contributed by atoms with E-state index in [0.29, 0.717) is 11.6 Å². The molecular weight excluding hydrogens is 362 g/mol. The first-order valence-electron chi connectivity index (χ1n) is 7.43. The molecular formula is C17H14ClN3O3S. The Labute approximate surface area is 152 Å². The highest BCUT2D eigenvalue weighted by Gasteiger charge is 2.10. The van der Waals surface area contributed by atoms with Gasteiger partial charge in [0, 0.05) is 29.1 Å². The Morgan fingerprint density at radius 3 is 2.44 bits per heavy atom. The largest absolute Gasteiger partial charge is 0.395 e. The van der Waals surface area contributed by atoms with Crippen LogP contribution in [-0.4, -0.2) is 21.2 Å². The second-order valence-electron chi connectivity index (χ2n) is 5.17. The third kappa shape index (κ3) is 3.96. The fourth-order valence-electron chi connectivity index (χ4n) is 2.35. The summed E-state index contributed by atoms with van der Waals surface area (Å²) in [6.45, 7) is 0.340. The third-order valence-corrected chi connectivity index (χ3v) is 4.66. The Hall–Kier alpha value is -2.48. The van der Waals surface area contributed by atoms with Crippen molar-refractivity contribution in [3.63, 3.8) is 0 Å². The zero-order valence-electron chi connectivity index (χ0n) is 13.0. The lowest BCUT2D eigenvalue weighted by Gasteiger charge is -2.07. The van der Waals surface area contributed by atoms with Crippen molar-refractivity contribution in [2.75, 3.05) is 6.61 Å². The summed E-state index contributed by atoms with van der Waals surface area (Å²) in [6, 6.07) is 13.5. The average molecular weight is 376 g/mol. The van der Waals surface area contributed by atoms with Crippen molar-refractivity contribution in [3.05, 3.63) is 73.8 Å². The van der Waals surface area contributed by atoms with E-state index in [9.17, 15) is 15.2 Å². The number of benzene rings is 2. The number of aliphatic hydroxyl groups is 1. The van der Waals surface area contributed by atoms with Gasteiger partial charge in [0.25, 0.3) is 5.69 Å². The van der Waals surface area contributed by atoms with Gasteiger partial charge in [-0.1, -0.05) is 11.6 Å². The summed E-state index contributed by atoms with van der Waals surface area (Å²) in [5.41, 5.74) is 2.47. The third-order valence-electron chi connectivity index (χ3n) is 3.55. The number of non-ortho nitro benzene ring substituents is 1. The van der Waals surface area contributed by atoms with Gasteiger partial charge in [0.15, 0.2) is 4.80 Å². The van der Waals surface area contributed by atoms with E-state index >= 15 is 0 Å². The molecule has 128 valence electrons. The van der Waals surface area contributed by atoms with Crippen LogP contribution in [0.2, 0.25) is 5.02 Å². The predicted octanol–water partition coefficient (Wildman–Crippen LogP) is 4.00. The molecule has 1 N–H and O–H groups in total. The van der Waals surface area contributed by atoms with E-state index in [2.05, 4.69) is 4.99 Å². The van der Waals surface area contributed by atoms with Crippen LogP contribution in [0.25, 0.3) is 11.3 Å².